The smallest absolute Gasteiger partial charge is 0.267 e. The molecule has 1 aromatic heterocycles. The maximum Gasteiger partial charge on any atom is 0.267 e. The Kier molecular flexibility index (Phi) is 4.75. The number of carbonyl (C=O) groups is 1. The summed E-state index contributed by atoms with van der Waals surface area (Å²) in [6.07, 6.45) is 0. The number of amides is 1. The predicted molar refractivity (Wildman–Crippen MR) is 105 cm³/mol. The number of ether oxygens (including phenoxy) is 2. The number of nitrogens with one attached hydrogen (secondary N) is 1. The van der Waals surface area contributed by atoms with Gasteiger partial charge in [0.05, 0.1) is 5.69 Å². The first-order valence-corrected chi connectivity index (χ1v) is 8.95. The van der Waals surface area contributed by atoms with E-state index < -0.39 is 6.04 Å². The number of nitrogens with zero attached hydrogens (tertiary/aromatic N) is 2. The Morgan fingerprint density at radius 1 is 1.11 bits per heavy atom. The van der Waals surface area contributed by atoms with Crippen LogP contribution in [0, 0.1) is 0 Å². The van der Waals surface area contributed by atoms with Gasteiger partial charge in [-0.25, -0.2) is 4.68 Å². The molecule has 0 spiro atoms. The fraction of sp³-hybridized carbons (Fsp3) is 0.150. The lowest BCUT2D eigenvalue weighted by Crippen LogP contribution is -2.33. The third-order valence-corrected chi connectivity index (χ3v) is 4.60. The zero-order chi connectivity index (χ0) is 19.7. The second-order valence-electron chi connectivity index (χ2n) is 6.24. The van der Waals surface area contributed by atoms with Crippen LogP contribution in [0.1, 0.15) is 13.0 Å². The number of hydrogen-bond donors (Lipinski definition) is 1. The van der Waals surface area contributed by atoms with Gasteiger partial charge in [0.15, 0.2) is 11.5 Å². The summed E-state index contributed by atoms with van der Waals surface area (Å²) in [5, 5.41) is 7.69. The maximum atomic E-state index is 12.6. The van der Waals surface area contributed by atoms with E-state index in [1.807, 2.05) is 6.07 Å². The van der Waals surface area contributed by atoms with Crippen LogP contribution in [0.3, 0.4) is 0 Å². The summed E-state index contributed by atoms with van der Waals surface area (Å²) < 4.78 is 11.8. The molecule has 1 atom stereocenters. The Morgan fingerprint density at radius 2 is 1.86 bits per heavy atom. The zero-order valence-electron chi connectivity index (χ0n) is 14.9. The van der Waals surface area contributed by atoms with Gasteiger partial charge >= 0.3 is 0 Å². The molecule has 1 aliphatic heterocycles. The van der Waals surface area contributed by atoms with E-state index in [0.29, 0.717) is 27.9 Å². The summed E-state index contributed by atoms with van der Waals surface area (Å²) in [6, 6.07) is 14.3. The van der Waals surface area contributed by atoms with Crippen molar-refractivity contribution in [3.8, 4) is 22.8 Å². The minimum atomic E-state index is -0.808. The standard InChI is InChI=1S/C20H16ClN3O4/c1-12(20(26)22-15-5-3-14(21)4-6-15)24-19(25)9-7-16(23-24)13-2-8-17-18(10-13)28-11-27-17/h2-10,12H,11H2,1H3,(H,22,26). The van der Waals surface area contributed by atoms with Crippen molar-refractivity contribution < 1.29 is 14.3 Å². The molecule has 8 heteroatoms. The van der Waals surface area contributed by atoms with Crippen molar-refractivity contribution in [2.45, 2.75) is 13.0 Å². The van der Waals surface area contributed by atoms with Gasteiger partial charge in [-0.2, -0.15) is 5.10 Å². The third-order valence-electron chi connectivity index (χ3n) is 4.35. The van der Waals surface area contributed by atoms with Gasteiger partial charge in [-0.05, 0) is 55.5 Å². The molecule has 0 bridgehead atoms. The molecule has 7 nitrogen and oxygen atoms in total. The Morgan fingerprint density at radius 3 is 2.64 bits per heavy atom. The summed E-state index contributed by atoms with van der Waals surface area (Å²) in [6.45, 7) is 1.79. The summed E-state index contributed by atoms with van der Waals surface area (Å²) in [5.41, 5.74) is 1.51. The van der Waals surface area contributed by atoms with Crippen molar-refractivity contribution in [3.05, 3.63) is 70.0 Å². The molecule has 142 valence electrons. The van der Waals surface area contributed by atoms with Crippen LogP contribution in [0.25, 0.3) is 11.3 Å². The van der Waals surface area contributed by atoms with E-state index in [2.05, 4.69) is 10.4 Å². The Balaban J connectivity index is 1.60. The van der Waals surface area contributed by atoms with Crippen LogP contribution in [0.15, 0.2) is 59.4 Å². The molecule has 4 rings (SSSR count). The van der Waals surface area contributed by atoms with Crippen LogP contribution < -0.4 is 20.3 Å². The number of benzene rings is 2. The van der Waals surface area contributed by atoms with Crippen LogP contribution >= 0.6 is 11.6 Å². The highest BCUT2D eigenvalue weighted by molar-refractivity contribution is 6.30. The number of halogens is 1. The molecule has 3 aromatic rings. The first-order valence-electron chi connectivity index (χ1n) is 8.57. The molecule has 1 aliphatic rings. The van der Waals surface area contributed by atoms with Gasteiger partial charge < -0.3 is 14.8 Å². The zero-order valence-corrected chi connectivity index (χ0v) is 15.6. The van der Waals surface area contributed by atoms with E-state index in [9.17, 15) is 9.59 Å². The highest BCUT2D eigenvalue weighted by Gasteiger charge is 2.19. The van der Waals surface area contributed by atoms with Gasteiger partial charge in [0.1, 0.15) is 6.04 Å². The molecule has 0 fully saturated rings. The quantitative estimate of drug-likeness (QED) is 0.728. The van der Waals surface area contributed by atoms with Gasteiger partial charge in [0.25, 0.3) is 5.56 Å². The van der Waals surface area contributed by atoms with Crippen molar-refractivity contribution in [2.24, 2.45) is 0 Å². The average Bonchev–Trinajstić information content (AvgIpc) is 3.17. The SMILES string of the molecule is CC(C(=O)Nc1ccc(Cl)cc1)n1nc(-c2ccc3c(c2)OCO3)ccc1=O. The first kappa shape index (κ1) is 18.1. The molecule has 1 amide bonds. The largest absolute Gasteiger partial charge is 0.454 e. The molecule has 2 heterocycles. The number of rotatable bonds is 4. The predicted octanol–water partition coefficient (Wildman–Crippen LogP) is 3.49. The van der Waals surface area contributed by atoms with Crippen LogP contribution in [-0.2, 0) is 4.79 Å². The Hall–Kier alpha value is -3.32. The van der Waals surface area contributed by atoms with E-state index in [0.717, 1.165) is 10.2 Å². The first-order chi connectivity index (χ1) is 13.5. The lowest BCUT2D eigenvalue weighted by molar-refractivity contribution is -0.119. The fourth-order valence-corrected chi connectivity index (χ4v) is 2.93. The molecule has 0 radical (unpaired) electrons. The third kappa shape index (κ3) is 3.57. The van der Waals surface area contributed by atoms with Gasteiger partial charge in [-0.15, -0.1) is 0 Å². The van der Waals surface area contributed by atoms with E-state index in [-0.39, 0.29) is 18.3 Å². The van der Waals surface area contributed by atoms with Crippen LogP contribution in [0.5, 0.6) is 11.5 Å². The maximum absolute atomic E-state index is 12.6. The second-order valence-corrected chi connectivity index (χ2v) is 6.68. The van der Waals surface area contributed by atoms with E-state index in [4.69, 9.17) is 21.1 Å². The second kappa shape index (κ2) is 7.36. The van der Waals surface area contributed by atoms with Gasteiger partial charge in [-0.1, -0.05) is 11.6 Å². The molecular weight excluding hydrogens is 382 g/mol. The molecule has 1 unspecified atom stereocenters. The summed E-state index contributed by atoms with van der Waals surface area (Å²) in [5.74, 6) is 0.915. The lowest BCUT2D eigenvalue weighted by atomic mass is 10.1. The highest BCUT2D eigenvalue weighted by Crippen LogP contribution is 2.35. The average molecular weight is 398 g/mol. The van der Waals surface area contributed by atoms with Crippen molar-refractivity contribution in [1.29, 1.82) is 0 Å². The van der Waals surface area contributed by atoms with Gasteiger partial charge in [-0.3, -0.25) is 9.59 Å². The Bertz CT molecular complexity index is 1100. The minimum Gasteiger partial charge on any atom is -0.454 e. The van der Waals surface area contributed by atoms with E-state index in [1.54, 1.807) is 49.4 Å². The number of carbonyl (C=O) groups excluding carboxylic acids is 1. The summed E-state index contributed by atoms with van der Waals surface area (Å²) in [4.78, 5) is 24.9. The van der Waals surface area contributed by atoms with Crippen molar-refractivity contribution in [2.75, 3.05) is 12.1 Å². The number of aromatic nitrogens is 2. The molecule has 28 heavy (non-hydrogen) atoms. The van der Waals surface area contributed by atoms with E-state index >= 15 is 0 Å². The van der Waals surface area contributed by atoms with Gasteiger partial charge in [0.2, 0.25) is 12.7 Å². The molecule has 0 saturated carbocycles. The molecular formula is C20H16ClN3O4. The molecule has 2 aromatic carbocycles. The van der Waals surface area contributed by atoms with Crippen LogP contribution in [-0.4, -0.2) is 22.5 Å². The normalized spacial score (nSPS) is 13.2. The number of fused-ring (bicyclic) bond motifs is 1. The van der Waals surface area contributed by atoms with Gasteiger partial charge in [0, 0.05) is 22.3 Å². The minimum absolute atomic E-state index is 0.174. The Labute approximate surface area is 165 Å². The fourth-order valence-electron chi connectivity index (χ4n) is 2.80. The molecule has 1 N–H and O–H groups in total. The number of hydrogen-bond acceptors (Lipinski definition) is 5. The summed E-state index contributed by atoms with van der Waals surface area (Å²) in [7, 11) is 0. The van der Waals surface area contributed by atoms with Crippen LogP contribution in [0.4, 0.5) is 5.69 Å². The topological polar surface area (TPSA) is 82.5 Å². The van der Waals surface area contributed by atoms with Crippen molar-refractivity contribution >= 4 is 23.2 Å². The highest BCUT2D eigenvalue weighted by atomic mass is 35.5. The molecule has 0 saturated heterocycles. The van der Waals surface area contributed by atoms with Crippen LogP contribution in [0.2, 0.25) is 5.02 Å². The van der Waals surface area contributed by atoms with Crippen molar-refractivity contribution in [3.63, 3.8) is 0 Å². The lowest BCUT2D eigenvalue weighted by Gasteiger charge is -2.15. The number of anilines is 1. The summed E-state index contributed by atoms with van der Waals surface area (Å²) >= 11 is 5.85. The van der Waals surface area contributed by atoms with Crippen molar-refractivity contribution in [1.82, 2.24) is 9.78 Å². The van der Waals surface area contributed by atoms with E-state index in [1.165, 1.54) is 6.07 Å². The molecule has 0 aliphatic carbocycles. The monoisotopic (exact) mass is 397 g/mol.